The fourth-order valence-electron chi connectivity index (χ4n) is 5.83. The molecule has 212 valence electrons. The molecule has 0 aliphatic carbocycles. The minimum Gasteiger partial charge on any atom is -0.348 e. The van der Waals surface area contributed by atoms with Crippen LogP contribution in [0.5, 0.6) is 0 Å². The Morgan fingerprint density at radius 3 is 1.41 bits per heavy atom. The molecule has 0 unspecified atom stereocenters. The van der Waals surface area contributed by atoms with E-state index in [4.69, 9.17) is 5.53 Å². The Balaban J connectivity index is 2.86. The third-order valence-corrected chi connectivity index (χ3v) is 7.79. The molecule has 0 aliphatic rings. The van der Waals surface area contributed by atoms with Crippen LogP contribution in [0.1, 0.15) is 144 Å². The lowest BCUT2D eigenvalue weighted by atomic mass is 9.83. The maximum absolute atomic E-state index is 9.10. The van der Waals surface area contributed by atoms with Gasteiger partial charge in [-0.2, -0.15) is 0 Å². The summed E-state index contributed by atoms with van der Waals surface area (Å²) in [5, 5.41) is 0. The number of unbranched alkanes of at least 4 members (excludes halogenated alkanes) is 3. The second kappa shape index (κ2) is 18.6. The number of rotatable bonds is 18. The molecule has 0 aliphatic heterocycles. The van der Waals surface area contributed by atoms with Crippen molar-refractivity contribution in [3.63, 3.8) is 0 Å². The molecule has 0 heterocycles. The summed E-state index contributed by atoms with van der Waals surface area (Å²) in [5.74, 6) is 2.65. The Morgan fingerprint density at radius 2 is 1.00 bits per heavy atom. The van der Waals surface area contributed by atoms with Gasteiger partial charge in [0.25, 0.3) is 5.87 Å². The summed E-state index contributed by atoms with van der Waals surface area (Å²) >= 11 is 0. The van der Waals surface area contributed by atoms with Crippen LogP contribution in [0.25, 0.3) is 11.1 Å². The van der Waals surface area contributed by atoms with Crippen molar-refractivity contribution >= 4 is 11.4 Å². The third-order valence-electron chi connectivity index (χ3n) is 7.79. The van der Waals surface area contributed by atoms with Gasteiger partial charge in [0.05, 0.1) is 6.08 Å². The van der Waals surface area contributed by atoms with Crippen molar-refractivity contribution in [2.75, 3.05) is 0 Å². The number of benzene rings is 2. The first-order valence-electron chi connectivity index (χ1n) is 16.0. The van der Waals surface area contributed by atoms with Crippen molar-refractivity contribution in [2.24, 2.45) is 0 Å². The van der Waals surface area contributed by atoms with Gasteiger partial charge in [0.2, 0.25) is 0 Å². The van der Waals surface area contributed by atoms with Crippen LogP contribution in [0.15, 0.2) is 36.4 Å². The van der Waals surface area contributed by atoms with Gasteiger partial charge in [-0.05, 0) is 114 Å². The van der Waals surface area contributed by atoms with Gasteiger partial charge in [0, 0.05) is 0 Å². The molecule has 0 fully saturated rings. The summed E-state index contributed by atoms with van der Waals surface area (Å²) in [6.07, 6.45) is 21.5. The molecule has 2 aromatic carbocycles. The van der Waals surface area contributed by atoms with Gasteiger partial charge in [-0.25, -0.2) is 0 Å². The summed E-state index contributed by atoms with van der Waals surface area (Å²) in [4.78, 5) is 3.14. The summed E-state index contributed by atoms with van der Waals surface area (Å²) in [5.41, 5.74) is 22.1. The summed E-state index contributed by atoms with van der Waals surface area (Å²) in [6, 6.07) is 9.85. The van der Waals surface area contributed by atoms with Crippen LogP contribution in [-0.2, 0) is 38.5 Å². The Morgan fingerprint density at radius 1 is 0.590 bits per heavy atom. The Bertz CT molecular complexity index is 1080. The van der Waals surface area contributed by atoms with Crippen LogP contribution in [-0.4, -0.2) is 10.7 Å². The van der Waals surface area contributed by atoms with Crippen LogP contribution < -0.4 is 0 Å². The van der Waals surface area contributed by atoms with Crippen LogP contribution in [0.3, 0.4) is 0 Å². The van der Waals surface area contributed by atoms with E-state index >= 15 is 0 Å². The Hall–Kier alpha value is -2.66. The molecule has 0 radical (unpaired) electrons. The summed E-state index contributed by atoms with van der Waals surface area (Å²) < 4.78 is 0. The van der Waals surface area contributed by atoms with E-state index in [0.717, 1.165) is 44.9 Å². The number of allylic oxidation sites excluding steroid dienone is 2. The van der Waals surface area contributed by atoms with Crippen molar-refractivity contribution in [3.8, 4) is 0 Å². The lowest BCUT2D eigenvalue weighted by Crippen LogP contribution is -2.06. The van der Waals surface area contributed by atoms with Gasteiger partial charge in [-0.3, -0.25) is 0 Å². The zero-order chi connectivity index (χ0) is 28.5. The number of aryl methyl sites for hydroxylation is 4. The summed E-state index contributed by atoms with van der Waals surface area (Å²) in [6.45, 7) is 13.7. The van der Waals surface area contributed by atoms with Gasteiger partial charge in [-0.15, -0.1) is 4.79 Å². The number of hydrogen-bond acceptors (Lipinski definition) is 0. The maximum atomic E-state index is 9.10. The fourth-order valence-corrected chi connectivity index (χ4v) is 5.83. The van der Waals surface area contributed by atoms with Crippen LogP contribution in [0.4, 0.5) is 0 Å². The molecular formula is C37H54N2. The van der Waals surface area contributed by atoms with Crippen LogP contribution in [0.2, 0.25) is 0 Å². The molecule has 0 saturated heterocycles. The van der Waals surface area contributed by atoms with Crippen LogP contribution in [0, 0.1) is 0 Å². The predicted molar refractivity (Wildman–Crippen MR) is 171 cm³/mol. The minimum absolute atomic E-state index is 1.11. The van der Waals surface area contributed by atoms with Crippen molar-refractivity contribution < 1.29 is 4.79 Å². The topological polar surface area (TPSA) is 36.4 Å². The number of hydrogen-bond donors (Lipinski definition) is 0. The maximum Gasteiger partial charge on any atom is 0.299 e. The van der Waals surface area contributed by atoms with Crippen molar-refractivity contribution in [3.05, 3.63) is 86.5 Å². The zero-order valence-corrected chi connectivity index (χ0v) is 26.0. The van der Waals surface area contributed by atoms with Crippen molar-refractivity contribution in [1.29, 1.82) is 0 Å². The van der Waals surface area contributed by atoms with Gasteiger partial charge >= 0.3 is 0 Å². The second-order valence-electron chi connectivity index (χ2n) is 11.1. The van der Waals surface area contributed by atoms with E-state index in [-0.39, 0.29) is 0 Å². The van der Waals surface area contributed by atoms with Crippen molar-refractivity contribution in [1.82, 2.24) is 0 Å². The highest BCUT2D eigenvalue weighted by Crippen LogP contribution is 2.33. The van der Waals surface area contributed by atoms with E-state index in [1.165, 1.54) is 90.3 Å². The summed E-state index contributed by atoms with van der Waals surface area (Å²) in [7, 11) is 0. The minimum atomic E-state index is 1.11. The zero-order valence-electron chi connectivity index (χ0n) is 26.0. The molecule has 0 atom stereocenters. The first-order valence-corrected chi connectivity index (χ1v) is 16.0. The molecule has 2 heteroatoms. The lowest BCUT2D eigenvalue weighted by Gasteiger charge is -2.21. The van der Waals surface area contributed by atoms with Gasteiger partial charge in [0.1, 0.15) is 0 Å². The average Bonchev–Trinajstić information content (AvgIpc) is 2.94. The highest BCUT2D eigenvalue weighted by atomic mass is 14.8. The molecule has 0 bridgehead atoms. The standard InChI is InChI=1S/C37H54N2/c1-7-13-20-31-27-34(28-32(21-14-8-2)36(31)22-15-9-3)37(23-16-24-39-38)33-25-29(17-10-4)35(19-12-6)30(26-33)18-11-5/h16,23,25-28H,7-15,17-22H2,1-6H3. The lowest BCUT2D eigenvalue weighted by molar-refractivity contribution is 0.00805. The van der Waals surface area contributed by atoms with E-state index in [1.807, 2.05) is 0 Å². The Kier molecular flexibility index (Phi) is 15.5. The average molecular weight is 527 g/mol. The first-order chi connectivity index (χ1) is 19.1. The Labute approximate surface area is 240 Å². The molecule has 2 aromatic rings. The fraction of sp³-hybridized carbons (Fsp3) is 0.568. The quantitative estimate of drug-likeness (QED) is 0.0801. The normalized spacial score (nSPS) is 11.4. The first kappa shape index (κ1) is 32.6. The van der Waals surface area contributed by atoms with Crippen molar-refractivity contribution in [2.45, 2.75) is 138 Å². The van der Waals surface area contributed by atoms with Gasteiger partial charge in [-0.1, -0.05) is 104 Å². The highest BCUT2D eigenvalue weighted by molar-refractivity contribution is 5.83. The molecule has 0 N–H and O–H groups in total. The second-order valence-corrected chi connectivity index (χ2v) is 11.1. The van der Waals surface area contributed by atoms with E-state index in [1.54, 1.807) is 17.2 Å². The van der Waals surface area contributed by atoms with Gasteiger partial charge < -0.3 is 5.53 Å². The van der Waals surface area contributed by atoms with E-state index in [0.29, 0.717) is 0 Å². The molecule has 39 heavy (non-hydrogen) atoms. The number of nitrogens with zero attached hydrogens (tertiary/aromatic N) is 2. The molecule has 0 aromatic heterocycles. The highest BCUT2D eigenvalue weighted by Gasteiger charge is 2.17. The van der Waals surface area contributed by atoms with E-state index in [2.05, 4.69) is 82.5 Å². The molecule has 0 amide bonds. The molecular weight excluding hydrogens is 472 g/mol. The molecule has 0 spiro atoms. The monoisotopic (exact) mass is 526 g/mol. The SMILES string of the molecule is CCCCc1cc(C(=CC=C=[N+]=[N-])c2cc(CCC)c(CCC)c(CCC)c2)cc(CCCC)c1CCCC. The smallest absolute Gasteiger partial charge is 0.299 e. The molecule has 2 nitrogen and oxygen atoms in total. The molecule has 2 rings (SSSR count). The predicted octanol–water partition coefficient (Wildman–Crippen LogP) is 10.5. The van der Waals surface area contributed by atoms with Crippen LogP contribution >= 0.6 is 0 Å². The van der Waals surface area contributed by atoms with Gasteiger partial charge in [0.15, 0.2) is 0 Å². The largest absolute Gasteiger partial charge is 0.348 e. The molecule has 0 saturated carbocycles. The third kappa shape index (κ3) is 9.79. The van der Waals surface area contributed by atoms with E-state index < -0.39 is 0 Å². The van der Waals surface area contributed by atoms with E-state index in [9.17, 15) is 0 Å².